The Hall–Kier alpha value is -4.96. The zero-order chi connectivity index (χ0) is 44.0. The highest BCUT2D eigenvalue weighted by atomic mass is 35.5. The Morgan fingerprint density at radius 3 is 1.71 bits per heavy atom. The Morgan fingerprint density at radius 1 is 0.690 bits per heavy atom. The molecule has 15 nitrogen and oxygen atoms in total. The molecule has 2 aromatic carbocycles. The van der Waals surface area contributed by atoms with Gasteiger partial charge in [0.25, 0.3) is 0 Å². The molecular weight excluding hydrogens is 792 g/mol. The molecule has 4 N–H and O–H groups in total. The molecule has 4 atom stereocenters. The number of hydrogen-bond donors (Lipinski definition) is 4. The molecular formula is C41H57ClN4O11S. The molecule has 0 unspecified atom stereocenters. The van der Waals surface area contributed by atoms with Crippen molar-refractivity contribution in [3.8, 4) is 0 Å². The Labute approximate surface area is 346 Å². The summed E-state index contributed by atoms with van der Waals surface area (Å²) in [6.07, 6.45) is -1.09. The van der Waals surface area contributed by atoms with Crippen molar-refractivity contribution in [3.63, 3.8) is 0 Å². The smallest absolute Gasteiger partial charge is 0.408 e. The van der Waals surface area contributed by atoms with Gasteiger partial charge in [0.2, 0.25) is 17.7 Å². The monoisotopic (exact) mass is 848 g/mol. The molecule has 0 saturated carbocycles. The number of carbonyl (C=O) groups excluding carboxylic acids is 6. The second-order valence-electron chi connectivity index (χ2n) is 16.1. The molecule has 0 bridgehead atoms. The summed E-state index contributed by atoms with van der Waals surface area (Å²) in [6.45, 7) is 15.8. The third kappa shape index (κ3) is 17.3. The molecule has 0 saturated heterocycles. The molecule has 58 heavy (non-hydrogen) atoms. The summed E-state index contributed by atoms with van der Waals surface area (Å²) in [6, 6.07) is 11.2. The first-order chi connectivity index (χ1) is 26.8. The lowest BCUT2D eigenvalue weighted by Crippen LogP contribution is -2.56. The SMILES string of the molecule is CC(C)[C@@H](NC(=O)[C@@H](NC(=O)[C@H](CC(=O)OC(C)(C)C)NC(=O)OCc1ccccc1)c1ccccc1)C(=O)N[C@H](/C=C(\Cl)S(=O)(=O)C(C)C)CC(=O)OC(C)(C)C. The zero-order valence-corrected chi connectivity index (χ0v) is 36.3. The van der Waals surface area contributed by atoms with Crippen LogP contribution in [0.3, 0.4) is 0 Å². The second-order valence-corrected chi connectivity index (χ2v) is 19.2. The first kappa shape index (κ1) is 49.2. The zero-order valence-electron chi connectivity index (χ0n) is 34.7. The van der Waals surface area contributed by atoms with E-state index in [2.05, 4.69) is 21.3 Å². The predicted molar refractivity (Wildman–Crippen MR) is 218 cm³/mol. The molecule has 0 radical (unpaired) electrons. The van der Waals surface area contributed by atoms with E-state index in [1.54, 1.807) is 116 Å². The van der Waals surface area contributed by atoms with Crippen LogP contribution in [0.25, 0.3) is 0 Å². The van der Waals surface area contributed by atoms with E-state index < -0.39 is 109 Å². The van der Waals surface area contributed by atoms with E-state index in [1.807, 2.05) is 0 Å². The summed E-state index contributed by atoms with van der Waals surface area (Å²) < 4.78 is 41.1. The van der Waals surface area contributed by atoms with Gasteiger partial charge in [0.1, 0.15) is 40.3 Å². The number of sulfone groups is 1. The van der Waals surface area contributed by atoms with Gasteiger partial charge in [-0.25, -0.2) is 13.2 Å². The highest BCUT2D eigenvalue weighted by Gasteiger charge is 2.35. The van der Waals surface area contributed by atoms with Crippen LogP contribution in [0, 0.1) is 5.92 Å². The van der Waals surface area contributed by atoms with Crippen LogP contribution in [0.1, 0.15) is 99.2 Å². The minimum atomic E-state index is -3.99. The molecule has 2 aromatic rings. The molecule has 0 aliphatic rings. The minimum Gasteiger partial charge on any atom is -0.460 e. The number of benzene rings is 2. The highest BCUT2D eigenvalue weighted by molar-refractivity contribution is 7.97. The highest BCUT2D eigenvalue weighted by Crippen LogP contribution is 2.21. The standard InChI is InChI=1S/C41H57ClN4O11S/c1-25(2)34(37(50)43-29(22-32(47)56-40(5,6)7)21-31(42)58(53,54)26(3)4)45-38(51)35(28-19-15-12-16-20-28)46-36(49)30(23-33(48)57-41(8,9)10)44-39(52)55-24-27-17-13-11-14-18-27/h11-21,25-26,29-30,34-35H,22-24H2,1-10H3,(H,43,50)(H,44,52)(H,45,51)(H,46,49)/b31-21+/t29-,30+,34-,35+/m1/s1. The van der Waals surface area contributed by atoms with Crippen LogP contribution in [-0.4, -0.2) is 78.7 Å². The maximum absolute atomic E-state index is 14.1. The number of rotatable bonds is 18. The average molecular weight is 849 g/mol. The summed E-state index contributed by atoms with van der Waals surface area (Å²) in [5, 5.41) is 9.34. The lowest BCUT2D eigenvalue weighted by molar-refractivity contribution is -0.157. The summed E-state index contributed by atoms with van der Waals surface area (Å²) in [7, 11) is -3.99. The molecule has 0 heterocycles. The van der Waals surface area contributed by atoms with Gasteiger partial charge in [0.15, 0.2) is 9.84 Å². The first-order valence-electron chi connectivity index (χ1n) is 18.8. The topological polar surface area (TPSA) is 212 Å². The summed E-state index contributed by atoms with van der Waals surface area (Å²) in [5.41, 5.74) is -0.847. The first-order valence-corrected chi connectivity index (χ1v) is 20.7. The number of ether oxygens (including phenoxy) is 3. The number of carbonyl (C=O) groups is 6. The third-order valence-electron chi connectivity index (χ3n) is 7.90. The number of amides is 4. The molecule has 17 heteroatoms. The van der Waals surface area contributed by atoms with Crippen molar-refractivity contribution in [3.05, 3.63) is 82.2 Å². The summed E-state index contributed by atoms with van der Waals surface area (Å²) in [4.78, 5) is 80.5. The number of alkyl carbamates (subject to hydrolysis) is 1. The molecule has 0 aliphatic carbocycles. The van der Waals surface area contributed by atoms with Crippen LogP contribution >= 0.6 is 11.6 Å². The molecule has 0 aromatic heterocycles. The van der Waals surface area contributed by atoms with E-state index >= 15 is 0 Å². The van der Waals surface area contributed by atoms with Crippen molar-refractivity contribution < 1.29 is 51.4 Å². The molecule has 2 rings (SSSR count). The van der Waals surface area contributed by atoms with E-state index in [1.165, 1.54) is 13.8 Å². The third-order valence-corrected chi connectivity index (χ3v) is 10.6. The van der Waals surface area contributed by atoms with Gasteiger partial charge in [-0.05, 0) is 78.5 Å². The Balaban J connectivity index is 2.43. The second kappa shape index (κ2) is 21.7. The predicted octanol–water partition coefficient (Wildman–Crippen LogP) is 5.13. The van der Waals surface area contributed by atoms with Crippen LogP contribution in [0.4, 0.5) is 4.79 Å². The largest absolute Gasteiger partial charge is 0.460 e. The van der Waals surface area contributed by atoms with Gasteiger partial charge >= 0.3 is 18.0 Å². The fourth-order valence-electron chi connectivity index (χ4n) is 5.09. The molecule has 0 aliphatic heterocycles. The lowest BCUT2D eigenvalue weighted by atomic mass is 10.00. The van der Waals surface area contributed by atoms with Gasteiger partial charge in [0.05, 0.1) is 24.1 Å². The van der Waals surface area contributed by atoms with Crippen molar-refractivity contribution in [2.24, 2.45) is 5.92 Å². The number of halogens is 1. The molecule has 0 spiro atoms. The van der Waals surface area contributed by atoms with Crippen molar-refractivity contribution >= 4 is 57.2 Å². The summed E-state index contributed by atoms with van der Waals surface area (Å²) >= 11 is 6.21. The van der Waals surface area contributed by atoms with E-state index in [9.17, 15) is 37.2 Å². The van der Waals surface area contributed by atoms with Crippen molar-refractivity contribution in [1.29, 1.82) is 0 Å². The van der Waals surface area contributed by atoms with Crippen LogP contribution < -0.4 is 21.3 Å². The quantitative estimate of drug-likeness (QED) is 0.114. The molecule has 320 valence electrons. The Kier molecular flexibility index (Phi) is 18.4. The van der Waals surface area contributed by atoms with Crippen molar-refractivity contribution in [2.45, 2.75) is 129 Å². The maximum Gasteiger partial charge on any atom is 0.408 e. The fraction of sp³-hybridized carbons (Fsp3) is 0.512. The average Bonchev–Trinajstić information content (AvgIpc) is 3.10. The van der Waals surface area contributed by atoms with Gasteiger partial charge in [-0.1, -0.05) is 86.1 Å². The number of hydrogen-bond acceptors (Lipinski definition) is 11. The van der Waals surface area contributed by atoms with Gasteiger partial charge in [-0.2, -0.15) is 0 Å². The van der Waals surface area contributed by atoms with Crippen LogP contribution in [0.5, 0.6) is 0 Å². The fourth-order valence-corrected chi connectivity index (χ4v) is 6.58. The van der Waals surface area contributed by atoms with E-state index in [0.29, 0.717) is 5.56 Å². The van der Waals surface area contributed by atoms with Gasteiger partial charge in [-0.3, -0.25) is 24.0 Å². The van der Waals surface area contributed by atoms with E-state index in [4.69, 9.17) is 25.8 Å². The normalized spacial score (nSPS) is 14.3. The van der Waals surface area contributed by atoms with E-state index in [0.717, 1.165) is 6.08 Å². The molecule has 4 amide bonds. The molecule has 0 fully saturated rings. The Bertz CT molecular complexity index is 1870. The van der Waals surface area contributed by atoms with Gasteiger partial charge in [0, 0.05) is 0 Å². The Morgan fingerprint density at radius 2 is 1.21 bits per heavy atom. The van der Waals surface area contributed by atoms with Crippen LogP contribution in [0.15, 0.2) is 71.1 Å². The van der Waals surface area contributed by atoms with Crippen LogP contribution in [-0.2, 0) is 54.6 Å². The number of esters is 2. The van der Waals surface area contributed by atoms with Crippen molar-refractivity contribution in [1.82, 2.24) is 21.3 Å². The van der Waals surface area contributed by atoms with Crippen molar-refractivity contribution in [2.75, 3.05) is 0 Å². The van der Waals surface area contributed by atoms with Gasteiger partial charge < -0.3 is 35.5 Å². The maximum atomic E-state index is 14.1. The summed E-state index contributed by atoms with van der Waals surface area (Å²) in [5.74, 6) is -4.75. The minimum absolute atomic E-state index is 0.130. The lowest BCUT2D eigenvalue weighted by Gasteiger charge is -2.28. The van der Waals surface area contributed by atoms with Crippen LogP contribution in [0.2, 0.25) is 0 Å². The van der Waals surface area contributed by atoms with Gasteiger partial charge in [-0.15, -0.1) is 0 Å². The number of nitrogens with one attached hydrogen (secondary N) is 4. The van der Waals surface area contributed by atoms with E-state index in [-0.39, 0.29) is 12.2 Å².